The van der Waals surface area contributed by atoms with Gasteiger partial charge in [0, 0.05) is 25.7 Å². The van der Waals surface area contributed by atoms with Crippen LogP contribution < -0.4 is 5.32 Å². The van der Waals surface area contributed by atoms with Gasteiger partial charge < -0.3 is 10.2 Å². The van der Waals surface area contributed by atoms with Crippen LogP contribution in [0.4, 0.5) is 0 Å². The van der Waals surface area contributed by atoms with Crippen molar-refractivity contribution in [2.24, 2.45) is 16.3 Å². The molecule has 102 valence electrons. The molecule has 2 atom stereocenters. The summed E-state index contributed by atoms with van der Waals surface area (Å²) in [5.74, 6) is 2.03. The second-order valence-corrected chi connectivity index (χ2v) is 6.64. The molecule has 2 aliphatic carbocycles. The maximum atomic E-state index is 4.71. The summed E-state index contributed by atoms with van der Waals surface area (Å²) in [6.07, 6.45) is 8.49. The van der Waals surface area contributed by atoms with Gasteiger partial charge in [-0.3, -0.25) is 4.99 Å². The third-order valence-electron chi connectivity index (χ3n) is 5.13. The van der Waals surface area contributed by atoms with Crippen molar-refractivity contribution < 1.29 is 0 Å². The van der Waals surface area contributed by atoms with Gasteiger partial charge in [0.25, 0.3) is 0 Å². The number of likely N-dealkylation sites (tertiary alicyclic amines) is 1. The standard InChI is InChI=1S/C15H27N3/c1-3-16-14(17-13-10-12(13)2)18-9-8-15(11-18)6-4-5-7-15/h12-13H,3-11H2,1-2H3,(H,16,17). The second-order valence-electron chi connectivity index (χ2n) is 6.64. The fourth-order valence-electron chi connectivity index (χ4n) is 3.72. The van der Waals surface area contributed by atoms with Gasteiger partial charge in [-0.05, 0) is 43.9 Å². The van der Waals surface area contributed by atoms with Crippen LogP contribution in [0.5, 0.6) is 0 Å². The molecule has 0 aromatic carbocycles. The quantitative estimate of drug-likeness (QED) is 0.602. The molecular weight excluding hydrogens is 222 g/mol. The largest absolute Gasteiger partial charge is 0.353 e. The highest BCUT2D eigenvalue weighted by molar-refractivity contribution is 5.81. The van der Waals surface area contributed by atoms with Gasteiger partial charge in [0.15, 0.2) is 5.96 Å². The van der Waals surface area contributed by atoms with E-state index in [2.05, 4.69) is 24.1 Å². The van der Waals surface area contributed by atoms with E-state index in [-0.39, 0.29) is 0 Å². The molecule has 1 heterocycles. The van der Waals surface area contributed by atoms with Crippen molar-refractivity contribution in [2.45, 2.75) is 58.4 Å². The van der Waals surface area contributed by atoms with E-state index in [1.54, 1.807) is 0 Å². The third kappa shape index (κ3) is 2.36. The van der Waals surface area contributed by atoms with Gasteiger partial charge in [-0.2, -0.15) is 0 Å². The van der Waals surface area contributed by atoms with Gasteiger partial charge in [-0.15, -0.1) is 0 Å². The molecule has 2 saturated carbocycles. The van der Waals surface area contributed by atoms with E-state index in [1.165, 1.54) is 57.6 Å². The lowest BCUT2D eigenvalue weighted by atomic mass is 9.86. The van der Waals surface area contributed by atoms with Gasteiger partial charge in [0.1, 0.15) is 0 Å². The zero-order valence-corrected chi connectivity index (χ0v) is 11.9. The van der Waals surface area contributed by atoms with E-state index < -0.39 is 0 Å². The number of hydrogen-bond donors (Lipinski definition) is 1. The first-order chi connectivity index (χ1) is 8.72. The van der Waals surface area contributed by atoms with Crippen LogP contribution in [0.15, 0.2) is 4.99 Å². The summed E-state index contributed by atoms with van der Waals surface area (Å²) in [6, 6.07) is 0.690. The minimum atomic E-state index is 0.644. The van der Waals surface area contributed by atoms with Crippen molar-refractivity contribution in [1.82, 2.24) is 10.2 Å². The summed E-state index contributed by atoms with van der Waals surface area (Å²) >= 11 is 0. The Morgan fingerprint density at radius 1 is 1.33 bits per heavy atom. The number of rotatable bonds is 2. The zero-order chi connectivity index (χ0) is 12.6. The number of nitrogens with zero attached hydrogens (tertiary/aromatic N) is 2. The highest BCUT2D eigenvalue weighted by atomic mass is 15.3. The van der Waals surface area contributed by atoms with Crippen LogP contribution in [0.1, 0.15) is 52.4 Å². The second kappa shape index (κ2) is 4.75. The fraction of sp³-hybridized carbons (Fsp3) is 0.933. The van der Waals surface area contributed by atoms with E-state index in [4.69, 9.17) is 4.99 Å². The van der Waals surface area contributed by atoms with E-state index in [0.717, 1.165) is 12.5 Å². The molecule has 3 fully saturated rings. The SMILES string of the molecule is CCN=C(NC1CC1C)N1CCC2(CCCC2)C1. The van der Waals surface area contributed by atoms with E-state index in [1.807, 2.05) is 0 Å². The Morgan fingerprint density at radius 3 is 2.67 bits per heavy atom. The summed E-state index contributed by atoms with van der Waals surface area (Å²) in [5, 5.41) is 3.67. The molecule has 3 nitrogen and oxygen atoms in total. The summed E-state index contributed by atoms with van der Waals surface area (Å²) in [5.41, 5.74) is 0.644. The van der Waals surface area contributed by atoms with Gasteiger partial charge in [0.05, 0.1) is 0 Å². The molecule has 3 rings (SSSR count). The van der Waals surface area contributed by atoms with Crippen molar-refractivity contribution in [2.75, 3.05) is 19.6 Å². The smallest absolute Gasteiger partial charge is 0.194 e. The molecule has 1 N–H and O–H groups in total. The molecule has 1 spiro atoms. The number of guanidine groups is 1. The molecule has 0 bridgehead atoms. The molecule has 1 saturated heterocycles. The topological polar surface area (TPSA) is 27.6 Å². The first-order valence-corrected chi connectivity index (χ1v) is 7.78. The maximum absolute atomic E-state index is 4.71. The molecule has 18 heavy (non-hydrogen) atoms. The molecule has 3 aliphatic rings. The molecule has 2 unspecified atom stereocenters. The van der Waals surface area contributed by atoms with E-state index >= 15 is 0 Å². The lowest BCUT2D eigenvalue weighted by Gasteiger charge is -2.26. The first-order valence-electron chi connectivity index (χ1n) is 7.78. The van der Waals surface area contributed by atoms with Crippen LogP contribution >= 0.6 is 0 Å². The van der Waals surface area contributed by atoms with Crippen LogP contribution in [0.25, 0.3) is 0 Å². The minimum absolute atomic E-state index is 0.644. The fourth-order valence-corrected chi connectivity index (χ4v) is 3.72. The van der Waals surface area contributed by atoms with E-state index in [9.17, 15) is 0 Å². The van der Waals surface area contributed by atoms with Crippen LogP contribution in [-0.2, 0) is 0 Å². The molecule has 0 aromatic heterocycles. The van der Waals surface area contributed by atoms with Gasteiger partial charge >= 0.3 is 0 Å². The van der Waals surface area contributed by atoms with Crippen molar-refractivity contribution in [1.29, 1.82) is 0 Å². The molecule has 3 heteroatoms. The normalized spacial score (nSPS) is 34.3. The monoisotopic (exact) mass is 249 g/mol. The average molecular weight is 249 g/mol. The third-order valence-corrected chi connectivity index (χ3v) is 5.13. The van der Waals surface area contributed by atoms with Gasteiger partial charge in [-0.1, -0.05) is 19.8 Å². The summed E-state index contributed by atoms with van der Waals surface area (Å²) in [6.45, 7) is 7.82. The Bertz CT molecular complexity index is 331. The average Bonchev–Trinajstić information content (AvgIpc) is 2.83. The summed E-state index contributed by atoms with van der Waals surface area (Å²) in [4.78, 5) is 7.23. The Hall–Kier alpha value is -0.730. The summed E-state index contributed by atoms with van der Waals surface area (Å²) in [7, 11) is 0. The van der Waals surface area contributed by atoms with Crippen LogP contribution in [0, 0.1) is 11.3 Å². The lowest BCUT2D eigenvalue weighted by Crippen LogP contribution is -2.42. The summed E-state index contributed by atoms with van der Waals surface area (Å²) < 4.78 is 0. The van der Waals surface area contributed by atoms with Crippen LogP contribution in [-0.4, -0.2) is 36.5 Å². The van der Waals surface area contributed by atoms with E-state index in [0.29, 0.717) is 11.5 Å². The lowest BCUT2D eigenvalue weighted by molar-refractivity contribution is 0.309. The Labute approximate surface area is 111 Å². The maximum Gasteiger partial charge on any atom is 0.194 e. The van der Waals surface area contributed by atoms with Crippen molar-refractivity contribution >= 4 is 5.96 Å². The Kier molecular flexibility index (Phi) is 3.25. The predicted octanol–water partition coefficient (Wildman–Crippen LogP) is 2.63. The predicted molar refractivity (Wildman–Crippen MR) is 75.8 cm³/mol. The van der Waals surface area contributed by atoms with Crippen LogP contribution in [0.3, 0.4) is 0 Å². The Balaban J connectivity index is 1.63. The molecular formula is C15H27N3. The highest BCUT2D eigenvalue weighted by Crippen LogP contribution is 2.45. The molecule has 0 radical (unpaired) electrons. The van der Waals surface area contributed by atoms with Crippen molar-refractivity contribution in [3.8, 4) is 0 Å². The highest BCUT2D eigenvalue weighted by Gasteiger charge is 2.42. The molecule has 1 aliphatic heterocycles. The van der Waals surface area contributed by atoms with Gasteiger partial charge in [0.2, 0.25) is 0 Å². The van der Waals surface area contributed by atoms with Crippen molar-refractivity contribution in [3.05, 3.63) is 0 Å². The van der Waals surface area contributed by atoms with Crippen LogP contribution in [0.2, 0.25) is 0 Å². The van der Waals surface area contributed by atoms with Crippen molar-refractivity contribution in [3.63, 3.8) is 0 Å². The zero-order valence-electron chi connectivity index (χ0n) is 11.9. The number of hydrogen-bond acceptors (Lipinski definition) is 1. The minimum Gasteiger partial charge on any atom is -0.353 e. The van der Waals surface area contributed by atoms with Gasteiger partial charge in [-0.25, -0.2) is 0 Å². The Morgan fingerprint density at radius 2 is 2.06 bits per heavy atom. The number of aliphatic imine (C=N–C) groups is 1. The molecule has 0 amide bonds. The molecule has 0 aromatic rings. The first kappa shape index (κ1) is 12.3. The number of nitrogens with one attached hydrogen (secondary N) is 1.